The van der Waals surface area contributed by atoms with Gasteiger partial charge in [0.05, 0.1) is 16.6 Å². The molecule has 0 saturated carbocycles. The summed E-state index contributed by atoms with van der Waals surface area (Å²) in [6.45, 7) is 0.362. The Hall–Kier alpha value is -1.91. The fraction of sp³-hybridized carbons (Fsp3) is 0.235. The summed E-state index contributed by atoms with van der Waals surface area (Å²) in [5.41, 5.74) is 1.24. The fourth-order valence-corrected chi connectivity index (χ4v) is 2.46. The zero-order valence-electron chi connectivity index (χ0n) is 12.5. The molecule has 0 heterocycles. The van der Waals surface area contributed by atoms with E-state index in [1.165, 1.54) is 12.1 Å². The molecule has 2 rings (SSSR count). The van der Waals surface area contributed by atoms with Crippen LogP contribution in [0.25, 0.3) is 0 Å². The van der Waals surface area contributed by atoms with Gasteiger partial charge in [-0.2, -0.15) is 0 Å². The van der Waals surface area contributed by atoms with Gasteiger partial charge in [-0.25, -0.2) is 4.39 Å². The standard InChI is InChI=1S/C17H18ClFN2O/c1-21(2)16(12-6-5-7-13(19)10-12)11-20-17(22)14-8-3-4-9-15(14)18/h3-10,16H,11H2,1-2H3,(H,20,22). The summed E-state index contributed by atoms with van der Waals surface area (Å²) in [5.74, 6) is -0.532. The van der Waals surface area contributed by atoms with Gasteiger partial charge in [0.15, 0.2) is 0 Å². The van der Waals surface area contributed by atoms with Gasteiger partial charge in [-0.3, -0.25) is 4.79 Å². The largest absolute Gasteiger partial charge is 0.350 e. The lowest BCUT2D eigenvalue weighted by Gasteiger charge is -2.25. The van der Waals surface area contributed by atoms with Crippen LogP contribution in [0.4, 0.5) is 4.39 Å². The predicted octanol–water partition coefficient (Wildman–Crippen LogP) is 3.51. The zero-order chi connectivity index (χ0) is 16.1. The summed E-state index contributed by atoms with van der Waals surface area (Å²) >= 11 is 6.01. The number of benzene rings is 2. The van der Waals surface area contributed by atoms with Crippen molar-refractivity contribution in [2.45, 2.75) is 6.04 Å². The second-order valence-corrected chi connectivity index (χ2v) is 5.63. The van der Waals surface area contributed by atoms with E-state index in [1.54, 1.807) is 30.3 Å². The quantitative estimate of drug-likeness (QED) is 0.914. The first-order chi connectivity index (χ1) is 10.5. The van der Waals surface area contributed by atoms with Crippen LogP contribution in [0.15, 0.2) is 48.5 Å². The number of nitrogens with zero attached hydrogens (tertiary/aromatic N) is 1. The van der Waals surface area contributed by atoms with E-state index in [9.17, 15) is 9.18 Å². The highest BCUT2D eigenvalue weighted by atomic mass is 35.5. The van der Waals surface area contributed by atoms with E-state index in [4.69, 9.17) is 11.6 Å². The first-order valence-corrected chi connectivity index (χ1v) is 7.31. The van der Waals surface area contributed by atoms with Crippen LogP contribution >= 0.6 is 11.6 Å². The first-order valence-electron chi connectivity index (χ1n) is 6.93. The van der Waals surface area contributed by atoms with Crippen molar-refractivity contribution >= 4 is 17.5 Å². The molecule has 0 aliphatic carbocycles. The molecule has 2 aromatic rings. The molecule has 116 valence electrons. The smallest absolute Gasteiger partial charge is 0.252 e. The second kappa shape index (κ2) is 7.38. The van der Waals surface area contributed by atoms with Gasteiger partial charge in [0, 0.05) is 6.54 Å². The molecule has 2 aromatic carbocycles. The third-order valence-corrected chi connectivity index (χ3v) is 3.76. The van der Waals surface area contributed by atoms with Crippen LogP contribution in [0.2, 0.25) is 5.02 Å². The van der Waals surface area contributed by atoms with Gasteiger partial charge in [0.1, 0.15) is 5.82 Å². The summed E-state index contributed by atoms with van der Waals surface area (Å²) in [6.07, 6.45) is 0. The highest BCUT2D eigenvalue weighted by molar-refractivity contribution is 6.33. The van der Waals surface area contributed by atoms with Gasteiger partial charge in [-0.05, 0) is 43.9 Å². The van der Waals surface area contributed by atoms with Gasteiger partial charge >= 0.3 is 0 Å². The summed E-state index contributed by atoms with van der Waals surface area (Å²) in [7, 11) is 3.77. The maximum atomic E-state index is 13.4. The van der Waals surface area contributed by atoms with Crippen molar-refractivity contribution < 1.29 is 9.18 Å². The average molecular weight is 321 g/mol. The monoisotopic (exact) mass is 320 g/mol. The minimum atomic E-state index is -0.290. The fourth-order valence-electron chi connectivity index (χ4n) is 2.24. The van der Waals surface area contributed by atoms with Crippen LogP contribution in [0.5, 0.6) is 0 Å². The molecule has 0 aliphatic heterocycles. The van der Waals surface area contributed by atoms with E-state index in [-0.39, 0.29) is 17.8 Å². The molecule has 3 nitrogen and oxygen atoms in total. The van der Waals surface area contributed by atoms with E-state index >= 15 is 0 Å². The normalized spacial score (nSPS) is 12.2. The molecule has 1 N–H and O–H groups in total. The van der Waals surface area contributed by atoms with E-state index < -0.39 is 0 Å². The molecular weight excluding hydrogens is 303 g/mol. The zero-order valence-corrected chi connectivity index (χ0v) is 13.3. The number of hydrogen-bond acceptors (Lipinski definition) is 2. The molecule has 1 amide bonds. The Balaban J connectivity index is 2.10. The first kappa shape index (κ1) is 16.5. The number of halogens is 2. The van der Waals surface area contributed by atoms with Crippen LogP contribution in [-0.2, 0) is 0 Å². The van der Waals surface area contributed by atoms with Crippen molar-refractivity contribution in [1.29, 1.82) is 0 Å². The maximum absolute atomic E-state index is 13.4. The molecule has 0 radical (unpaired) electrons. The van der Waals surface area contributed by atoms with E-state index in [0.29, 0.717) is 17.1 Å². The second-order valence-electron chi connectivity index (χ2n) is 5.22. The molecular formula is C17H18ClFN2O. The molecule has 0 aromatic heterocycles. The molecule has 0 aliphatic rings. The Morgan fingerprint density at radius 3 is 2.59 bits per heavy atom. The number of nitrogens with one attached hydrogen (secondary N) is 1. The van der Waals surface area contributed by atoms with E-state index in [0.717, 1.165) is 5.56 Å². The predicted molar refractivity (Wildman–Crippen MR) is 86.6 cm³/mol. The van der Waals surface area contributed by atoms with Crippen molar-refractivity contribution in [3.63, 3.8) is 0 Å². The molecule has 22 heavy (non-hydrogen) atoms. The molecule has 0 bridgehead atoms. The number of carbonyl (C=O) groups is 1. The Morgan fingerprint density at radius 2 is 1.95 bits per heavy atom. The lowest BCUT2D eigenvalue weighted by Crippen LogP contribution is -2.34. The Morgan fingerprint density at radius 1 is 1.23 bits per heavy atom. The van der Waals surface area contributed by atoms with Gasteiger partial charge in [-0.15, -0.1) is 0 Å². The summed E-state index contributed by atoms with van der Waals surface area (Å²) in [6, 6.07) is 13.1. The Labute approximate surface area is 134 Å². The van der Waals surface area contributed by atoms with Crippen molar-refractivity contribution in [3.05, 3.63) is 70.5 Å². The Kier molecular flexibility index (Phi) is 5.52. The summed E-state index contributed by atoms with van der Waals surface area (Å²) in [4.78, 5) is 14.1. The lowest BCUT2D eigenvalue weighted by atomic mass is 10.1. The number of rotatable bonds is 5. The Bertz CT molecular complexity index is 661. The molecule has 0 fully saturated rings. The molecule has 0 spiro atoms. The number of hydrogen-bond donors (Lipinski definition) is 1. The average Bonchev–Trinajstić information content (AvgIpc) is 2.47. The topological polar surface area (TPSA) is 32.3 Å². The third-order valence-electron chi connectivity index (χ3n) is 3.43. The van der Waals surface area contributed by atoms with E-state index in [2.05, 4.69) is 5.32 Å². The molecule has 0 saturated heterocycles. The molecule has 5 heteroatoms. The number of likely N-dealkylation sites (N-methyl/N-ethyl adjacent to an activating group) is 1. The van der Waals surface area contributed by atoms with Crippen LogP contribution < -0.4 is 5.32 Å². The highest BCUT2D eigenvalue weighted by Gasteiger charge is 2.17. The van der Waals surface area contributed by atoms with Gasteiger partial charge in [0.2, 0.25) is 0 Å². The maximum Gasteiger partial charge on any atom is 0.252 e. The van der Waals surface area contributed by atoms with Crippen molar-refractivity contribution in [1.82, 2.24) is 10.2 Å². The summed E-state index contributed by atoms with van der Waals surface area (Å²) in [5, 5.41) is 3.26. The van der Waals surface area contributed by atoms with Crippen molar-refractivity contribution in [2.75, 3.05) is 20.6 Å². The SMILES string of the molecule is CN(C)C(CNC(=O)c1ccccc1Cl)c1cccc(F)c1. The van der Waals surface area contributed by atoms with Crippen LogP contribution in [0.3, 0.4) is 0 Å². The van der Waals surface area contributed by atoms with Crippen LogP contribution in [0, 0.1) is 5.82 Å². The molecule has 1 atom stereocenters. The van der Waals surface area contributed by atoms with Crippen LogP contribution in [0.1, 0.15) is 22.0 Å². The summed E-state index contributed by atoms with van der Waals surface area (Å²) < 4.78 is 13.4. The van der Waals surface area contributed by atoms with E-state index in [1.807, 2.05) is 25.1 Å². The van der Waals surface area contributed by atoms with Crippen LogP contribution in [-0.4, -0.2) is 31.4 Å². The minimum Gasteiger partial charge on any atom is -0.350 e. The number of amides is 1. The van der Waals surface area contributed by atoms with Gasteiger partial charge in [0.25, 0.3) is 5.91 Å². The number of carbonyl (C=O) groups excluding carboxylic acids is 1. The van der Waals surface area contributed by atoms with Crippen molar-refractivity contribution in [3.8, 4) is 0 Å². The third kappa shape index (κ3) is 4.06. The van der Waals surface area contributed by atoms with Gasteiger partial charge in [-0.1, -0.05) is 35.9 Å². The lowest BCUT2D eigenvalue weighted by molar-refractivity contribution is 0.0942. The van der Waals surface area contributed by atoms with Crippen molar-refractivity contribution in [2.24, 2.45) is 0 Å². The highest BCUT2D eigenvalue weighted by Crippen LogP contribution is 2.19. The minimum absolute atomic E-state index is 0.123. The molecule has 1 unspecified atom stereocenters. The van der Waals surface area contributed by atoms with Gasteiger partial charge < -0.3 is 10.2 Å².